The molecule has 1 aliphatic heterocycles. The minimum Gasteiger partial charge on any atom is -0.369 e. The maximum Gasteiger partial charge on any atom is 0.276 e. The average molecular weight is 237 g/mol. The standard InChI is InChI=1S/C10H15N5O2/c1-6-2-3-7(9(11)16)5-15(6)10(17)8-4-12-14-13-8/h4,6-7H,2-3,5H2,1H3,(H2,11,16)(H,12,13,14). The van der Waals surface area contributed by atoms with E-state index in [1.54, 1.807) is 4.90 Å². The lowest BCUT2D eigenvalue weighted by Crippen LogP contribution is -2.48. The van der Waals surface area contributed by atoms with Crippen molar-refractivity contribution in [1.82, 2.24) is 20.3 Å². The molecule has 7 nitrogen and oxygen atoms in total. The number of piperidine rings is 1. The molecule has 0 saturated carbocycles. The van der Waals surface area contributed by atoms with Gasteiger partial charge in [-0.1, -0.05) is 0 Å². The van der Waals surface area contributed by atoms with Crippen LogP contribution >= 0.6 is 0 Å². The molecule has 92 valence electrons. The van der Waals surface area contributed by atoms with Crippen LogP contribution in [-0.4, -0.2) is 44.7 Å². The Morgan fingerprint density at radius 1 is 1.53 bits per heavy atom. The highest BCUT2D eigenvalue weighted by atomic mass is 16.2. The number of amides is 2. The number of carbonyl (C=O) groups excluding carboxylic acids is 2. The summed E-state index contributed by atoms with van der Waals surface area (Å²) in [6.45, 7) is 2.32. The SMILES string of the molecule is CC1CCC(C(N)=O)CN1C(=O)c1cn[nH]n1. The molecule has 2 heterocycles. The number of aromatic nitrogens is 3. The lowest BCUT2D eigenvalue weighted by atomic mass is 9.93. The van der Waals surface area contributed by atoms with E-state index in [1.165, 1.54) is 6.20 Å². The van der Waals surface area contributed by atoms with E-state index in [4.69, 9.17) is 5.73 Å². The van der Waals surface area contributed by atoms with Crippen molar-refractivity contribution in [2.24, 2.45) is 11.7 Å². The molecule has 0 radical (unpaired) electrons. The first kappa shape index (κ1) is 11.6. The minimum absolute atomic E-state index is 0.0924. The molecule has 2 rings (SSSR count). The number of primary amides is 1. The van der Waals surface area contributed by atoms with Gasteiger partial charge in [-0.2, -0.15) is 15.4 Å². The van der Waals surface area contributed by atoms with Gasteiger partial charge in [0, 0.05) is 12.6 Å². The summed E-state index contributed by atoms with van der Waals surface area (Å²) in [4.78, 5) is 24.9. The van der Waals surface area contributed by atoms with E-state index in [9.17, 15) is 9.59 Å². The first-order valence-electron chi connectivity index (χ1n) is 5.55. The number of carbonyl (C=O) groups is 2. The molecule has 3 N–H and O–H groups in total. The molecule has 0 bridgehead atoms. The third-order valence-electron chi connectivity index (χ3n) is 3.18. The van der Waals surface area contributed by atoms with Gasteiger partial charge in [-0.05, 0) is 19.8 Å². The summed E-state index contributed by atoms with van der Waals surface area (Å²) in [6, 6.07) is 0.0924. The van der Waals surface area contributed by atoms with Crippen molar-refractivity contribution >= 4 is 11.8 Å². The summed E-state index contributed by atoms with van der Waals surface area (Å²) < 4.78 is 0. The lowest BCUT2D eigenvalue weighted by molar-refractivity contribution is -0.123. The van der Waals surface area contributed by atoms with E-state index in [-0.39, 0.29) is 29.5 Å². The Balaban J connectivity index is 2.13. The van der Waals surface area contributed by atoms with Crippen LogP contribution in [-0.2, 0) is 4.79 Å². The van der Waals surface area contributed by atoms with E-state index in [2.05, 4.69) is 15.4 Å². The zero-order valence-electron chi connectivity index (χ0n) is 9.59. The molecule has 2 amide bonds. The van der Waals surface area contributed by atoms with Crippen molar-refractivity contribution in [3.63, 3.8) is 0 Å². The monoisotopic (exact) mass is 237 g/mol. The highest BCUT2D eigenvalue weighted by Crippen LogP contribution is 2.22. The van der Waals surface area contributed by atoms with Gasteiger partial charge in [-0.3, -0.25) is 9.59 Å². The van der Waals surface area contributed by atoms with Crippen LogP contribution in [0.25, 0.3) is 0 Å². The van der Waals surface area contributed by atoms with E-state index >= 15 is 0 Å². The summed E-state index contributed by atoms with van der Waals surface area (Å²) in [7, 11) is 0. The van der Waals surface area contributed by atoms with Gasteiger partial charge in [0.2, 0.25) is 5.91 Å². The number of nitrogens with two attached hydrogens (primary N) is 1. The predicted octanol–water partition coefficient (Wildman–Crippen LogP) is -0.469. The highest BCUT2D eigenvalue weighted by Gasteiger charge is 2.32. The van der Waals surface area contributed by atoms with Crippen molar-refractivity contribution in [2.75, 3.05) is 6.54 Å². The quantitative estimate of drug-likeness (QED) is 0.725. The number of nitrogens with zero attached hydrogens (tertiary/aromatic N) is 3. The van der Waals surface area contributed by atoms with Crippen LogP contribution in [0.3, 0.4) is 0 Å². The maximum atomic E-state index is 12.1. The van der Waals surface area contributed by atoms with Gasteiger partial charge in [-0.15, -0.1) is 0 Å². The van der Waals surface area contributed by atoms with Crippen LogP contribution in [0, 0.1) is 5.92 Å². The van der Waals surface area contributed by atoms with Crippen molar-refractivity contribution in [3.8, 4) is 0 Å². The smallest absolute Gasteiger partial charge is 0.276 e. The molecule has 1 aromatic rings. The predicted molar refractivity (Wildman–Crippen MR) is 58.8 cm³/mol. The topological polar surface area (TPSA) is 105 Å². The van der Waals surface area contributed by atoms with Crippen LogP contribution in [0.5, 0.6) is 0 Å². The molecule has 17 heavy (non-hydrogen) atoms. The summed E-state index contributed by atoms with van der Waals surface area (Å²) in [5.41, 5.74) is 5.55. The summed E-state index contributed by atoms with van der Waals surface area (Å²) in [5, 5.41) is 9.75. The van der Waals surface area contributed by atoms with Gasteiger partial charge < -0.3 is 10.6 Å². The highest BCUT2D eigenvalue weighted by molar-refractivity contribution is 5.92. The molecule has 1 aliphatic rings. The van der Waals surface area contributed by atoms with Crippen molar-refractivity contribution in [2.45, 2.75) is 25.8 Å². The number of nitrogens with one attached hydrogen (secondary N) is 1. The Morgan fingerprint density at radius 3 is 2.88 bits per heavy atom. The Hall–Kier alpha value is -1.92. The number of rotatable bonds is 2. The Labute approximate surface area is 98.4 Å². The molecule has 2 atom stereocenters. The second kappa shape index (κ2) is 4.52. The second-order valence-electron chi connectivity index (χ2n) is 4.34. The summed E-state index contributed by atoms with van der Waals surface area (Å²) in [5.74, 6) is -0.825. The fraction of sp³-hybridized carbons (Fsp3) is 0.600. The van der Waals surface area contributed by atoms with Crippen LogP contribution in [0.1, 0.15) is 30.3 Å². The average Bonchev–Trinajstić information content (AvgIpc) is 2.81. The number of aromatic amines is 1. The molecular formula is C10H15N5O2. The fourth-order valence-electron chi connectivity index (χ4n) is 2.07. The van der Waals surface area contributed by atoms with E-state index in [1.807, 2.05) is 6.92 Å². The molecule has 1 aromatic heterocycles. The number of H-pyrrole nitrogens is 1. The van der Waals surface area contributed by atoms with Gasteiger partial charge in [0.15, 0.2) is 5.69 Å². The summed E-state index contributed by atoms with van der Waals surface area (Å²) >= 11 is 0. The Bertz CT molecular complexity index is 416. The van der Waals surface area contributed by atoms with Gasteiger partial charge in [0.25, 0.3) is 5.91 Å². The van der Waals surface area contributed by atoms with Crippen LogP contribution in [0.2, 0.25) is 0 Å². The van der Waals surface area contributed by atoms with Gasteiger partial charge in [0.1, 0.15) is 0 Å². The zero-order valence-corrected chi connectivity index (χ0v) is 9.59. The van der Waals surface area contributed by atoms with E-state index < -0.39 is 0 Å². The van der Waals surface area contributed by atoms with Crippen LogP contribution in [0.15, 0.2) is 6.20 Å². The molecular weight excluding hydrogens is 222 g/mol. The van der Waals surface area contributed by atoms with E-state index in [0.717, 1.165) is 12.8 Å². The maximum absolute atomic E-state index is 12.1. The molecule has 1 fully saturated rings. The normalized spacial score (nSPS) is 24.6. The van der Waals surface area contributed by atoms with Crippen LogP contribution < -0.4 is 5.73 Å². The van der Waals surface area contributed by atoms with E-state index in [0.29, 0.717) is 6.54 Å². The summed E-state index contributed by atoms with van der Waals surface area (Å²) in [6.07, 6.45) is 2.89. The molecule has 2 unspecified atom stereocenters. The van der Waals surface area contributed by atoms with Crippen molar-refractivity contribution < 1.29 is 9.59 Å². The fourth-order valence-corrected chi connectivity index (χ4v) is 2.07. The largest absolute Gasteiger partial charge is 0.369 e. The molecule has 0 aromatic carbocycles. The molecule has 1 saturated heterocycles. The van der Waals surface area contributed by atoms with Crippen molar-refractivity contribution in [3.05, 3.63) is 11.9 Å². The van der Waals surface area contributed by atoms with Gasteiger partial charge in [0.05, 0.1) is 12.1 Å². The third kappa shape index (κ3) is 2.27. The Kier molecular flexibility index (Phi) is 3.08. The lowest BCUT2D eigenvalue weighted by Gasteiger charge is -2.36. The molecule has 0 aliphatic carbocycles. The minimum atomic E-state index is -0.352. The molecule has 7 heteroatoms. The number of hydrogen-bond acceptors (Lipinski definition) is 4. The third-order valence-corrected chi connectivity index (χ3v) is 3.18. The first-order valence-corrected chi connectivity index (χ1v) is 5.55. The van der Waals surface area contributed by atoms with Crippen molar-refractivity contribution in [1.29, 1.82) is 0 Å². The first-order chi connectivity index (χ1) is 8.09. The zero-order chi connectivity index (χ0) is 12.4. The number of likely N-dealkylation sites (tertiary alicyclic amines) is 1. The second-order valence-corrected chi connectivity index (χ2v) is 4.34. The van der Waals surface area contributed by atoms with Crippen LogP contribution in [0.4, 0.5) is 0 Å². The molecule has 0 spiro atoms. The number of hydrogen-bond donors (Lipinski definition) is 2. The Morgan fingerprint density at radius 2 is 2.29 bits per heavy atom. The van der Waals surface area contributed by atoms with Gasteiger partial charge in [-0.25, -0.2) is 0 Å². The van der Waals surface area contributed by atoms with Gasteiger partial charge >= 0.3 is 0 Å².